The zero-order chi connectivity index (χ0) is 10.8. The van der Waals surface area contributed by atoms with Crippen LogP contribution in [-0.2, 0) is 9.59 Å². The SMILES string of the molecule is CNC(=O)C(C)NC1(C(=O)O)CCC1. The highest BCUT2D eigenvalue weighted by Gasteiger charge is 2.45. The Kier molecular flexibility index (Phi) is 3.10. The molecule has 0 spiro atoms. The zero-order valence-corrected chi connectivity index (χ0v) is 8.46. The maximum Gasteiger partial charge on any atom is 0.323 e. The summed E-state index contributed by atoms with van der Waals surface area (Å²) in [5.74, 6) is -1.04. The lowest BCUT2D eigenvalue weighted by molar-refractivity contribution is -0.149. The fourth-order valence-electron chi connectivity index (χ4n) is 1.65. The van der Waals surface area contributed by atoms with Crippen LogP contribution in [0.2, 0.25) is 0 Å². The predicted molar refractivity (Wildman–Crippen MR) is 50.9 cm³/mol. The van der Waals surface area contributed by atoms with Gasteiger partial charge in [0.05, 0.1) is 6.04 Å². The molecular weight excluding hydrogens is 184 g/mol. The Hall–Kier alpha value is -1.10. The number of carboxylic acid groups (broad SMARTS) is 1. The highest BCUT2D eigenvalue weighted by Crippen LogP contribution is 2.32. The number of rotatable bonds is 4. The number of likely N-dealkylation sites (N-methyl/N-ethyl adjacent to an activating group) is 1. The molecule has 0 heterocycles. The van der Waals surface area contributed by atoms with Gasteiger partial charge in [-0.2, -0.15) is 0 Å². The van der Waals surface area contributed by atoms with E-state index in [9.17, 15) is 9.59 Å². The van der Waals surface area contributed by atoms with Gasteiger partial charge >= 0.3 is 5.97 Å². The molecule has 1 unspecified atom stereocenters. The number of aliphatic carboxylic acids is 1. The van der Waals surface area contributed by atoms with Crippen molar-refractivity contribution in [2.75, 3.05) is 7.05 Å². The molecule has 0 aliphatic heterocycles. The highest BCUT2D eigenvalue weighted by atomic mass is 16.4. The van der Waals surface area contributed by atoms with Crippen LogP contribution in [0.1, 0.15) is 26.2 Å². The summed E-state index contributed by atoms with van der Waals surface area (Å²) >= 11 is 0. The third-order valence-corrected chi connectivity index (χ3v) is 2.75. The molecule has 1 atom stereocenters. The average Bonchev–Trinajstić information content (AvgIpc) is 2.08. The highest BCUT2D eigenvalue weighted by molar-refractivity contribution is 5.84. The van der Waals surface area contributed by atoms with Gasteiger partial charge in [0.1, 0.15) is 5.54 Å². The van der Waals surface area contributed by atoms with Crippen molar-refractivity contribution < 1.29 is 14.7 Å². The molecule has 14 heavy (non-hydrogen) atoms. The number of nitrogens with one attached hydrogen (secondary N) is 2. The van der Waals surface area contributed by atoms with E-state index in [1.165, 1.54) is 7.05 Å². The summed E-state index contributed by atoms with van der Waals surface area (Å²) < 4.78 is 0. The number of carbonyl (C=O) groups excluding carboxylic acids is 1. The van der Waals surface area contributed by atoms with Gasteiger partial charge in [-0.1, -0.05) is 0 Å². The van der Waals surface area contributed by atoms with Crippen molar-refractivity contribution in [3.63, 3.8) is 0 Å². The molecule has 1 fully saturated rings. The molecule has 1 saturated carbocycles. The van der Waals surface area contributed by atoms with Gasteiger partial charge in [-0.3, -0.25) is 14.9 Å². The molecular formula is C9H16N2O3. The fourth-order valence-corrected chi connectivity index (χ4v) is 1.65. The smallest absolute Gasteiger partial charge is 0.323 e. The van der Waals surface area contributed by atoms with Crippen LogP contribution >= 0.6 is 0 Å². The molecule has 1 aliphatic carbocycles. The van der Waals surface area contributed by atoms with Crippen molar-refractivity contribution in [2.24, 2.45) is 0 Å². The summed E-state index contributed by atoms with van der Waals surface area (Å²) in [7, 11) is 1.54. The van der Waals surface area contributed by atoms with Crippen LogP contribution < -0.4 is 10.6 Å². The fraction of sp³-hybridized carbons (Fsp3) is 0.778. The summed E-state index contributed by atoms with van der Waals surface area (Å²) in [6, 6.07) is -0.462. The third-order valence-electron chi connectivity index (χ3n) is 2.75. The molecule has 3 N–H and O–H groups in total. The molecule has 80 valence electrons. The molecule has 0 radical (unpaired) electrons. The van der Waals surface area contributed by atoms with E-state index in [-0.39, 0.29) is 5.91 Å². The topological polar surface area (TPSA) is 78.4 Å². The predicted octanol–water partition coefficient (Wildman–Crippen LogP) is -0.282. The van der Waals surface area contributed by atoms with Crippen molar-refractivity contribution in [2.45, 2.75) is 37.8 Å². The monoisotopic (exact) mass is 200 g/mol. The molecule has 1 aliphatic rings. The first-order chi connectivity index (χ1) is 6.52. The summed E-state index contributed by atoms with van der Waals surface area (Å²) in [6.07, 6.45) is 2.10. The van der Waals surface area contributed by atoms with Crippen molar-refractivity contribution in [3.8, 4) is 0 Å². The number of hydrogen-bond acceptors (Lipinski definition) is 3. The lowest BCUT2D eigenvalue weighted by Crippen LogP contribution is -2.62. The van der Waals surface area contributed by atoms with Crippen LogP contribution in [0.15, 0.2) is 0 Å². The molecule has 5 nitrogen and oxygen atoms in total. The van der Waals surface area contributed by atoms with E-state index in [1.807, 2.05) is 0 Å². The van der Waals surface area contributed by atoms with Crippen LogP contribution in [0.4, 0.5) is 0 Å². The quantitative estimate of drug-likeness (QED) is 0.583. The van der Waals surface area contributed by atoms with Crippen LogP contribution in [0.25, 0.3) is 0 Å². The maximum atomic E-state index is 11.2. The molecule has 0 saturated heterocycles. The molecule has 1 rings (SSSR count). The van der Waals surface area contributed by atoms with E-state index in [0.717, 1.165) is 6.42 Å². The molecule has 0 aromatic heterocycles. The van der Waals surface area contributed by atoms with Crippen molar-refractivity contribution in [3.05, 3.63) is 0 Å². The Labute approximate surface area is 82.9 Å². The minimum absolute atomic E-state index is 0.183. The van der Waals surface area contributed by atoms with Gasteiger partial charge in [0.2, 0.25) is 5.91 Å². The Morgan fingerprint density at radius 2 is 2.00 bits per heavy atom. The second kappa shape index (κ2) is 3.96. The van der Waals surface area contributed by atoms with E-state index in [0.29, 0.717) is 12.8 Å². The number of hydrogen-bond donors (Lipinski definition) is 3. The van der Waals surface area contributed by atoms with E-state index in [1.54, 1.807) is 6.92 Å². The van der Waals surface area contributed by atoms with Crippen LogP contribution in [-0.4, -0.2) is 35.6 Å². The van der Waals surface area contributed by atoms with Crippen LogP contribution in [0.5, 0.6) is 0 Å². The number of amides is 1. The molecule has 1 amide bonds. The average molecular weight is 200 g/mol. The van der Waals surface area contributed by atoms with E-state index in [2.05, 4.69) is 10.6 Å². The lowest BCUT2D eigenvalue weighted by Gasteiger charge is -2.40. The first-order valence-electron chi connectivity index (χ1n) is 4.74. The Morgan fingerprint density at radius 1 is 1.43 bits per heavy atom. The lowest BCUT2D eigenvalue weighted by atomic mass is 9.76. The summed E-state index contributed by atoms with van der Waals surface area (Å²) in [5.41, 5.74) is -0.869. The van der Waals surface area contributed by atoms with Crippen molar-refractivity contribution in [1.82, 2.24) is 10.6 Å². The van der Waals surface area contributed by atoms with Crippen LogP contribution in [0, 0.1) is 0 Å². The third kappa shape index (κ3) is 1.87. The Morgan fingerprint density at radius 3 is 2.29 bits per heavy atom. The second-order valence-electron chi connectivity index (χ2n) is 3.72. The van der Waals surface area contributed by atoms with E-state index in [4.69, 9.17) is 5.11 Å². The standard InChI is InChI=1S/C9H16N2O3/c1-6(7(12)10-2)11-9(8(13)14)4-3-5-9/h6,11H,3-5H2,1-2H3,(H,10,12)(H,13,14). The van der Waals surface area contributed by atoms with Gasteiger partial charge < -0.3 is 10.4 Å². The van der Waals surface area contributed by atoms with Gasteiger partial charge in [-0.05, 0) is 26.2 Å². The Balaban J connectivity index is 2.57. The summed E-state index contributed by atoms with van der Waals surface area (Å²) in [4.78, 5) is 22.1. The molecule has 0 aromatic rings. The first kappa shape index (κ1) is 11.0. The summed E-state index contributed by atoms with van der Waals surface area (Å²) in [6.45, 7) is 1.67. The largest absolute Gasteiger partial charge is 0.480 e. The van der Waals surface area contributed by atoms with Crippen molar-refractivity contribution in [1.29, 1.82) is 0 Å². The van der Waals surface area contributed by atoms with Gasteiger partial charge in [0, 0.05) is 7.05 Å². The molecule has 5 heteroatoms. The molecule has 0 bridgehead atoms. The normalized spacial score (nSPS) is 20.7. The number of carboxylic acids is 1. The Bertz CT molecular complexity index is 248. The number of carbonyl (C=O) groups is 2. The molecule has 0 aromatic carbocycles. The van der Waals surface area contributed by atoms with Gasteiger partial charge in [-0.25, -0.2) is 0 Å². The van der Waals surface area contributed by atoms with E-state index < -0.39 is 17.6 Å². The second-order valence-corrected chi connectivity index (χ2v) is 3.72. The minimum atomic E-state index is -0.869. The van der Waals surface area contributed by atoms with Crippen LogP contribution in [0.3, 0.4) is 0 Å². The van der Waals surface area contributed by atoms with Gasteiger partial charge in [0.15, 0.2) is 0 Å². The van der Waals surface area contributed by atoms with E-state index >= 15 is 0 Å². The minimum Gasteiger partial charge on any atom is -0.480 e. The zero-order valence-electron chi connectivity index (χ0n) is 8.46. The summed E-state index contributed by atoms with van der Waals surface area (Å²) in [5, 5.41) is 14.3. The van der Waals surface area contributed by atoms with Crippen molar-refractivity contribution >= 4 is 11.9 Å². The first-order valence-corrected chi connectivity index (χ1v) is 4.74. The van der Waals surface area contributed by atoms with Gasteiger partial charge in [-0.15, -0.1) is 0 Å². The van der Waals surface area contributed by atoms with Gasteiger partial charge in [0.25, 0.3) is 0 Å². The maximum absolute atomic E-state index is 11.2.